The quantitative estimate of drug-likeness (QED) is 0.470. The van der Waals surface area contributed by atoms with E-state index in [0.717, 1.165) is 17.9 Å². The number of hydrogen-bond donors (Lipinski definition) is 1. The first kappa shape index (κ1) is 15.6. The predicted molar refractivity (Wildman–Crippen MR) is 76.2 cm³/mol. The number of rotatable bonds is 7. The summed E-state index contributed by atoms with van der Waals surface area (Å²) in [6.07, 6.45) is 2.29. The highest BCUT2D eigenvalue weighted by Crippen LogP contribution is 2.16. The summed E-state index contributed by atoms with van der Waals surface area (Å²) in [7, 11) is 0. The first-order valence-corrected chi connectivity index (χ1v) is 6.48. The molecule has 1 aromatic rings. The lowest BCUT2D eigenvalue weighted by Crippen LogP contribution is -2.07. The van der Waals surface area contributed by atoms with E-state index >= 15 is 0 Å². The van der Waals surface area contributed by atoms with Crippen molar-refractivity contribution in [2.75, 3.05) is 18.5 Å². The number of nitrogens with zero attached hydrogens (tertiary/aromatic N) is 1. The number of benzene rings is 1. The van der Waals surface area contributed by atoms with E-state index in [2.05, 4.69) is 5.32 Å². The van der Waals surface area contributed by atoms with Gasteiger partial charge in [0.2, 0.25) is 0 Å². The highest BCUT2D eigenvalue weighted by molar-refractivity contribution is 5.93. The van der Waals surface area contributed by atoms with Gasteiger partial charge in [0.25, 0.3) is 0 Å². The van der Waals surface area contributed by atoms with Crippen molar-refractivity contribution in [3.8, 4) is 11.8 Å². The lowest BCUT2D eigenvalue weighted by atomic mass is 10.3. The topological polar surface area (TPSA) is 71.3 Å². The van der Waals surface area contributed by atoms with Crippen molar-refractivity contribution in [3.05, 3.63) is 36.0 Å². The van der Waals surface area contributed by atoms with Crippen molar-refractivity contribution >= 4 is 11.7 Å². The van der Waals surface area contributed by atoms with E-state index in [1.54, 1.807) is 13.0 Å². The highest BCUT2D eigenvalue weighted by atomic mass is 16.5. The zero-order valence-electron chi connectivity index (χ0n) is 11.7. The van der Waals surface area contributed by atoms with Gasteiger partial charge >= 0.3 is 5.97 Å². The third-order valence-electron chi connectivity index (χ3n) is 2.33. The van der Waals surface area contributed by atoms with Gasteiger partial charge in [0, 0.05) is 11.9 Å². The molecule has 1 rings (SSSR count). The molecule has 106 valence electrons. The van der Waals surface area contributed by atoms with Crippen molar-refractivity contribution < 1.29 is 14.3 Å². The second-order valence-corrected chi connectivity index (χ2v) is 3.91. The van der Waals surface area contributed by atoms with Crippen LogP contribution in [0.4, 0.5) is 5.69 Å². The maximum atomic E-state index is 11.4. The summed E-state index contributed by atoms with van der Waals surface area (Å²) in [6.45, 7) is 4.64. The smallest absolute Gasteiger partial charge is 0.350 e. The van der Waals surface area contributed by atoms with Crippen LogP contribution in [0.3, 0.4) is 0 Å². The van der Waals surface area contributed by atoms with Crippen LogP contribution in [0.15, 0.2) is 36.0 Å². The minimum absolute atomic E-state index is 0.0711. The molecule has 0 aromatic heterocycles. The predicted octanol–water partition coefficient (Wildman–Crippen LogP) is 2.86. The van der Waals surface area contributed by atoms with E-state index < -0.39 is 5.97 Å². The Morgan fingerprint density at radius 1 is 1.35 bits per heavy atom. The Labute approximate surface area is 118 Å². The summed E-state index contributed by atoms with van der Waals surface area (Å²) in [4.78, 5) is 11.4. The second-order valence-electron chi connectivity index (χ2n) is 3.91. The van der Waals surface area contributed by atoms with Crippen molar-refractivity contribution in [2.24, 2.45) is 0 Å². The molecule has 1 aromatic carbocycles. The van der Waals surface area contributed by atoms with Crippen molar-refractivity contribution in [2.45, 2.75) is 20.3 Å². The molecule has 0 spiro atoms. The number of esters is 1. The molecule has 0 aliphatic carbocycles. The highest BCUT2D eigenvalue weighted by Gasteiger charge is 2.08. The fraction of sp³-hybridized carbons (Fsp3) is 0.333. The normalized spacial score (nSPS) is 10.6. The summed E-state index contributed by atoms with van der Waals surface area (Å²) in [6, 6.07) is 9.05. The third-order valence-corrected chi connectivity index (χ3v) is 2.33. The zero-order chi connectivity index (χ0) is 14.8. The summed E-state index contributed by atoms with van der Waals surface area (Å²) < 4.78 is 10.2. The zero-order valence-corrected chi connectivity index (χ0v) is 11.7. The van der Waals surface area contributed by atoms with Gasteiger partial charge in [-0.15, -0.1) is 0 Å². The average Bonchev–Trinajstić information content (AvgIpc) is 2.47. The van der Waals surface area contributed by atoms with Crippen LogP contribution in [0.2, 0.25) is 0 Å². The van der Waals surface area contributed by atoms with Gasteiger partial charge in [-0.2, -0.15) is 5.26 Å². The molecular formula is C15H18N2O3. The first-order chi connectivity index (χ1) is 9.71. The summed E-state index contributed by atoms with van der Waals surface area (Å²) >= 11 is 0. The van der Waals surface area contributed by atoms with Crippen LogP contribution in [-0.4, -0.2) is 19.2 Å². The van der Waals surface area contributed by atoms with Crippen LogP contribution in [0.25, 0.3) is 0 Å². The molecule has 0 unspecified atom stereocenters. The van der Waals surface area contributed by atoms with E-state index in [0.29, 0.717) is 6.61 Å². The maximum Gasteiger partial charge on any atom is 0.350 e. The van der Waals surface area contributed by atoms with Crippen LogP contribution >= 0.6 is 0 Å². The Kier molecular flexibility index (Phi) is 6.69. The average molecular weight is 274 g/mol. The van der Waals surface area contributed by atoms with Crippen LogP contribution in [0.1, 0.15) is 20.3 Å². The van der Waals surface area contributed by atoms with Gasteiger partial charge in [-0.1, -0.05) is 6.92 Å². The minimum atomic E-state index is -0.634. The number of nitrogens with one attached hydrogen (secondary N) is 1. The van der Waals surface area contributed by atoms with Gasteiger partial charge in [0.1, 0.15) is 11.8 Å². The summed E-state index contributed by atoms with van der Waals surface area (Å²) in [5.74, 6) is 0.151. The van der Waals surface area contributed by atoms with Gasteiger partial charge in [-0.3, -0.25) is 0 Å². The molecule has 20 heavy (non-hydrogen) atoms. The lowest BCUT2D eigenvalue weighted by Gasteiger charge is -2.06. The van der Waals surface area contributed by atoms with E-state index in [1.165, 1.54) is 6.20 Å². The molecule has 0 aliphatic rings. The van der Waals surface area contributed by atoms with Crippen molar-refractivity contribution in [1.29, 1.82) is 5.26 Å². The molecule has 0 saturated carbocycles. The molecular weight excluding hydrogens is 256 g/mol. The van der Waals surface area contributed by atoms with Crippen LogP contribution in [-0.2, 0) is 9.53 Å². The van der Waals surface area contributed by atoms with E-state index in [-0.39, 0.29) is 12.2 Å². The van der Waals surface area contributed by atoms with Crippen LogP contribution in [0.5, 0.6) is 5.75 Å². The number of carbonyl (C=O) groups excluding carboxylic acids is 1. The van der Waals surface area contributed by atoms with Crippen LogP contribution < -0.4 is 10.1 Å². The van der Waals surface area contributed by atoms with Gasteiger partial charge in [-0.25, -0.2) is 4.79 Å². The first-order valence-electron chi connectivity index (χ1n) is 6.48. The van der Waals surface area contributed by atoms with Crippen molar-refractivity contribution in [1.82, 2.24) is 0 Å². The fourth-order valence-electron chi connectivity index (χ4n) is 1.37. The Bertz CT molecular complexity index is 501. The molecule has 0 atom stereocenters. The summed E-state index contributed by atoms with van der Waals surface area (Å²) in [5, 5.41) is 11.7. The number of ether oxygens (including phenoxy) is 2. The second kappa shape index (κ2) is 8.59. The largest absolute Gasteiger partial charge is 0.494 e. The van der Waals surface area contributed by atoms with Gasteiger partial charge in [0.05, 0.1) is 13.2 Å². The fourth-order valence-corrected chi connectivity index (χ4v) is 1.37. The molecule has 0 fully saturated rings. The Balaban J connectivity index is 2.64. The Hall–Kier alpha value is -2.48. The van der Waals surface area contributed by atoms with E-state index in [9.17, 15) is 4.79 Å². The minimum Gasteiger partial charge on any atom is -0.494 e. The van der Waals surface area contributed by atoms with Crippen molar-refractivity contribution in [3.63, 3.8) is 0 Å². The molecule has 5 heteroatoms. The molecule has 0 bridgehead atoms. The van der Waals surface area contributed by atoms with E-state index in [4.69, 9.17) is 14.7 Å². The summed E-state index contributed by atoms with van der Waals surface area (Å²) in [5.41, 5.74) is 0.684. The lowest BCUT2D eigenvalue weighted by molar-refractivity contribution is -0.138. The number of hydrogen-bond acceptors (Lipinski definition) is 5. The number of nitriles is 1. The molecule has 0 amide bonds. The van der Waals surface area contributed by atoms with Gasteiger partial charge in [0.15, 0.2) is 5.57 Å². The molecule has 1 N–H and O–H groups in total. The Morgan fingerprint density at radius 2 is 2.05 bits per heavy atom. The molecule has 0 radical (unpaired) electrons. The molecule has 0 aliphatic heterocycles. The van der Waals surface area contributed by atoms with Crippen LogP contribution in [0, 0.1) is 11.3 Å². The maximum absolute atomic E-state index is 11.4. The molecule has 0 heterocycles. The van der Waals surface area contributed by atoms with Gasteiger partial charge < -0.3 is 14.8 Å². The Morgan fingerprint density at radius 3 is 2.60 bits per heavy atom. The third kappa shape index (κ3) is 5.02. The number of carbonyl (C=O) groups is 1. The molecule has 0 saturated heterocycles. The molecule has 5 nitrogen and oxygen atoms in total. The van der Waals surface area contributed by atoms with E-state index in [1.807, 2.05) is 31.2 Å². The SMILES string of the molecule is CCCOc1ccc(N/C=C(\C#N)C(=O)OCC)cc1. The number of anilines is 1. The standard InChI is InChI=1S/C15H18N2O3/c1-3-9-20-14-7-5-13(6-8-14)17-11-12(10-16)15(18)19-4-2/h5-8,11,17H,3-4,9H2,1-2H3/b12-11+. The monoisotopic (exact) mass is 274 g/mol. The van der Waals surface area contributed by atoms with Gasteiger partial charge in [-0.05, 0) is 37.6 Å².